The molecule has 2 aromatic rings. The zero-order valence-electron chi connectivity index (χ0n) is 10.2. The Hall–Kier alpha value is -0.610. The number of benzene rings is 1. The van der Waals surface area contributed by atoms with Crippen LogP contribution >= 0.6 is 46.6 Å². The molecule has 6 heteroatoms. The van der Waals surface area contributed by atoms with Crippen molar-refractivity contribution in [2.75, 3.05) is 6.26 Å². The maximum atomic E-state index is 6.15. The van der Waals surface area contributed by atoms with Gasteiger partial charge >= 0.3 is 0 Å². The van der Waals surface area contributed by atoms with Gasteiger partial charge in [0, 0.05) is 16.7 Å². The molecule has 0 N–H and O–H groups in total. The summed E-state index contributed by atoms with van der Waals surface area (Å²) in [6.07, 6.45) is 1.93. The van der Waals surface area contributed by atoms with Crippen LogP contribution in [0.15, 0.2) is 29.2 Å². The summed E-state index contributed by atoms with van der Waals surface area (Å²) in [6, 6.07) is 7.00. The van der Waals surface area contributed by atoms with Gasteiger partial charge in [0.1, 0.15) is 5.75 Å². The van der Waals surface area contributed by atoms with Gasteiger partial charge in [0.25, 0.3) is 0 Å². The molecule has 0 saturated carbocycles. The number of thioether (sulfide) groups is 1. The number of halogens is 3. The maximum Gasteiger partial charge on any atom is 0.171 e. The van der Waals surface area contributed by atoms with Gasteiger partial charge in [0.15, 0.2) is 10.9 Å². The summed E-state index contributed by atoms with van der Waals surface area (Å²) < 4.78 is 5.66. The fraction of sp³-hybridized carbons (Fsp3) is 0.154. The van der Waals surface area contributed by atoms with E-state index >= 15 is 0 Å². The average Bonchev–Trinajstić information content (AvgIpc) is 2.36. The van der Waals surface area contributed by atoms with Gasteiger partial charge in [-0.25, -0.2) is 4.98 Å². The molecular weight excluding hydrogens is 325 g/mol. The van der Waals surface area contributed by atoms with Crippen molar-refractivity contribution in [1.82, 2.24) is 4.98 Å². The standard InChI is InChI=1S/C13H10Cl3NOS/c1-7-3-4-10(13(16)17-7)18-11-5-9(15)12(19-2)6-8(11)14/h3-6H,1-2H3. The lowest BCUT2D eigenvalue weighted by molar-refractivity contribution is 0.480. The molecule has 1 heterocycles. The first-order chi connectivity index (χ1) is 9.01. The van der Waals surface area contributed by atoms with Gasteiger partial charge in [-0.1, -0.05) is 34.8 Å². The zero-order valence-corrected chi connectivity index (χ0v) is 13.3. The van der Waals surface area contributed by atoms with Crippen LogP contribution in [-0.4, -0.2) is 11.2 Å². The molecule has 0 atom stereocenters. The first kappa shape index (κ1) is 14.8. The lowest BCUT2D eigenvalue weighted by Gasteiger charge is -2.11. The summed E-state index contributed by atoms with van der Waals surface area (Å²) in [5, 5.41) is 1.36. The van der Waals surface area contributed by atoms with E-state index in [0.717, 1.165) is 10.6 Å². The highest BCUT2D eigenvalue weighted by Gasteiger charge is 2.11. The van der Waals surface area contributed by atoms with Crippen LogP contribution in [0.4, 0.5) is 0 Å². The van der Waals surface area contributed by atoms with Gasteiger partial charge < -0.3 is 4.74 Å². The van der Waals surface area contributed by atoms with E-state index in [0.29, 0.717) is 26.7 Å². The van der Waals surface area contributed by atoms with Crippen LogP contribution in [0.2, 0.25) is 15.2 Å². The Kier molecular flexibility index (Phi) is 4.85. The van der Waals surface area contributed by atoms with Gasteiger partial charge in [-0.15, -0.1) is 11.8 Å². The summed E-state index contributed by atoms with van der Waals surface area (Å²) in [5.41, 5.74) is 0.819. The Morgan fingerprint density at radius 3 is 2.42 bits per heavy atom. The quantitative estimate of drug-likeness (QED) is 0.518. The topological polar surface area (TPSA) is 22.1 Å². The molecule has 0 fully saturated rings. The number of ether oxygens (including phenoxy) is 1. The molecule has 0 aliphatic rings. The summed E-state index contributed by atoms with van der Waals surface area (Å²) in [5.74, 6) is 0.902. The molecule has 100 valence electrons. The predicted octanol–water partition coefficient (Wildman–Crippen LogP) is 5.86. The van der Waals surface area contributed by atoms with Crippen LogP contribution in [-0.2, 0) is 0 Å². The number of pyridine rings is 1. The fourth-order valence-corrected chi connectivity index (χ4v) is 2.83. The predicted molar refractivity (Wildman–Crippen MR) is 82.3 cm³/mol. The second-order valence-corrected chi connectivity index (χ2v) is 5.78. The molecule has 1 aromatic carbocycles. The number of rotatable bonds is 3. The zero-order chi connectivity index (χ0) is 14.0. The molecule has 0 spiro atoms. The van der Waals surface area contributed by atoms with Gasteiger partial charge in [0.05, 0.1) is 10.0 Å². The smallest absolute Gasteiger partial charge is 0.171 e. The third-order valence-electron chi connectivity index (χ3n) is 2.38. The van der Waals surface area contributed by atoms with Crippen molar-refractivity contribution in [3.8, 4) is 11.5 Å². The van der Waals surface area contributed by atoms with Crippen molar-refractivity contribution in [3.63, 3.8) is 0 Å². The van der Waals surface area contributed by atoms with Gasteiger partial charge in [-0.05, 0) is 31.4 Å². The molecule has 19 heavy (non-hydrogen) atoms. The first-order valence-corrected chi connectivity index (χ1v) is 7.71. The Bertz CT molecular complexity index is 619. The second-order valence-electron chi connectivity index (χ2n) is 3.76. The molecule has 0 saturated heterocycles. The molecule has 0 amide bonds. The lowest BCUT2D eigenvalue weighted by Crippen LogP contribution is -1.90. The van der Waals surface area contributed by atoms with Crippen LogP contribution in [0.25, 0.3) is 0 Å². The average molecular weight is 335 g/mol. The third-order valence-corrected chi connectivity index (χ3v) is 4.15. The van der Waals surface area contributed by atoms with E-state index in [-0.39, 0.29) is 0 Å². The third kappa shape index (κ3) is 3.48. The van der Waals surface area contributed by atoms with E-state index in [4.69, 9.17) is 39.5 Å². The van der Waals surface area contributed by atoms with Crippen molar-refractivity contribution < 1.29 is 4.74 Å². The molecule has 2 rings (SSSR count). The van der Waals surface area contributed by atoms with Crippen molar-refractivity contribution in [2.45, 2.75) is 11.8 Å². The fourth-order valence-electron chi connectivity index (χ4n) is 1.45. The van der Waals surface area contributed by atoms with Crippen LogP contribution < -0.4 is 4.74 Å². The Morgan fingerprint density at radius 2 is 1.79 bits per heavy atom. The summed E-state index contributed by atoms with van der Waals surface area (Å²) in [7, 11) is 0. The van der Waals surface area contributed by atoms with E-state index in [9.17, 15) is 0 Å². The second kappa shape index (κ2) is 6.23. The summed E-state index contributed by atoms with van der Waals surface area (Å²) in [4.78, 5) is 5.01. The molecule has 0 radical (unpaired) electrons. The molecule has 2 nitrogen and oxygen atoms in total. The normalized spacial score (nSPS) is 10.6. The van der Waals surface area contributed by atoms with Gasteiger partial charge in [-0.2, -0.15) is 0 Å². The van der Waals surface area contributed by atoms with Crippen LogP contribution in [0.3, 0.4) is 0 Å². The Balaban J connectivity index is 2.35. The van der Waals surface area contributed by atoms with Crippen LogP contribution in [0.1, 0.15) is 5.69 Å². The monoisotopic (exact) mass is 333 g/mol. The molecule has 0 aliphatic carbocycles. The Labute approximate surface area is 131 Å². The van der Waals surface area contributed by atoms with Gasteiger partial charge in [0.2, 0.25) is 0 Å². The highest BCUT2D eigenvalue weighted by Crippen LogP contribution is 2.38. The first-order valence-electron chi connectivity index (χ1n) is 5.35. The molecular formula is C13H10Cl3NOS. The van der Waals surface area contributed by atoms with E-state index in [2.05, 4.69) is 4.98 Å². The molecule has 0 unspecified atom stereocenters. The van der Waals surface area contributed by atoms with Crippen LogP contribution in [0, 0.1) is 6.92 Å². The van der Waals surface area contributed by atoms with E-state index in [1.54, 1.807) is 18.2 Å². The van der Waals surface area contributed by atoms with Crippen molar-refractivity contribution in [1.29, 1.82) is 0 Å². The summed E-state index contributed by atoms with van der Waals surface area (Å²) in [6.45, 7) is 1.85. The number of hydrogen-bond donors (Lipinski definition) is 0. The highest BCUT2D eigenvalue weighted by atomic mass is 35.5. The van der Waals surface area contributed by atoms with Crippen molar-refractivity contribution >= 4 is 46.6 Å². The number of nitrogens with zero attached hydrogens (tertiary/aromatic N) is 1. The molecule has 0 aliphatic heterocycles. The van der Waals surface area contributed by atoms with E-state index < -0.39 is 0 Å². The lowest BCUT2D eigenvalue weighted by atomic mass is 10.3. The van der Waals surface area contributed by atoms with E-state index in [1.165, 1.54) is 11.8 Å². The summed E-state index contributed by atoms with van der Waals surface area (Å²) >= 11 is 19.8. The minimum atomic E-state index is 0.293. The minimum absolute atomic E-state index is 0.293. The molecule has 0 bridgehead atoms. The van der Waals surface area contributed by atoms with E-state index in [1.807, 2.05) is 19.2 Å². The maximum absolute atomic E-state index is 6.15. The molecule has 1 aromatic heterocycles. The van der Waals surface area contributed by atoms with Crippen LogP contribution in [0.5, 0.6) is 11.5 Å². The van der Waals surface area contributed by atoms with Gasteiger partial charge in [-0.3, -0.25) is 0 Å². The minimum Gasteiger partial charge on any atom is -0.453 e. The SMILES string of the molecule is CSc1cc(Cl)c(Oc2ccc(C)nc2Cl)cc1Cl. The number of hydrogen-bond acceptors (Lipinski definition) is 3. The number of aromatic nitrogens is 1. The largest absolute Gasteiger partial charge is 0.453 e. The van der Waals surface area contributed by atoms with Crippen molar-refractivity contribution in [3.05, 3.63) is 45.2 Å². The number of aryl methyl sites for hydroxylation is 1. The van der Waals surface area contributed by atoms with Crippen molar-refractivity contribution in [2.24, 2.45) is 0 Å². The Morgan fingerprint density at radius 1 is 1.05 bits per heavy atom. The highest BCUT2D eigenvalue weighted by molar-refractivity contribution is 7.98.